The minimum Gasteiger partial charge on any atom is -0.504 e. The molecule has 2 aliphatic rings. The second-order valence-electron chi connectivity index (χ2n) is 9.18. The van der Waals surface area contributed by atoms with E-state index in [4.69, 9.17) is 4.74 Å². The van der Waals surface area contributed by atoms with Gasteiger partial charge in [-0.1, -0.05) is 12.1 Å². The predicted octanol–water partition coefficient (Wildman–Crippen LogP) is 5.29. The van der Waals surface area contributed by atoms with E-state index in [1.165, 1.54) is 12.1 Å². The molecule has 4 rings (SSSR count). The van der Waals surface area contributed by atoms with E-state index in [1.807, 2.05) is 36.9 Å². The molecule has 2 atom stereocenters. The predicted molar refractivity (Wildman–Crippen MR) is 126 cm³/mol. The summed E-state index contributed by atoms with van der Waals surface area (Å²) in [4.78, 5) is 17.0. The number of benzene rings is 2. The molecule has 5 nitrogen and oxygen atoms in total. The number of phenolic OH excluding ortho intramolecular Hbond substituents is 1. The van der Waals surface area contributed by atoms with Gasteiger partial charge in [-0.2, -0.15) is 0 Å². The van der Waals surface area contributed by atoms with Crippen LogP contribution in [0.25, 0.3) is 0 Å². The summed E-state index contributed by atoms with van der Waals surface area (Å²) >= 11 is 0. The van der Waals surface area contributed by atoms with Crippen LogP contribution < -0.4 is 9.64 Å². The first-order valence-electron chi connectivity index (χ1n) is 11.1. The highest BCUT2D eigenvalue weighted by atomic mass is 35.5. The van der Waals surface area contributed by atoms with Crippen LogP contribution in [0, 0.1) is 5.82 Å². The summed E-state index contributed by atoms with van der Waals surface area (Å²) in [6.45, 7) is 7.66. The number of halogens is 2. The van der Waals surface area contributed by atoms with Crippen LogP contribution in [0.3, 0.4) is 0 Å². The standard InChI is InChI=1S/C25H31FN2O3.ClH/c1-17(2)31-23-13-19(7-8-22(23)29)16-27-12-11-25(15-18(27)3)10-9-24(30)28(25)21-6-4-5-20(26)14-21;/h4-8,13-14,17-18,29H,9-12,15-16H2,1-3H3;1H/t18-,25+;/m0./s1. The number of ether oxygens (including phenoxy) is 1. The molecule has 0 aromatic heterocycles. The fourth-order valence-corrected chi connectivity index (χ4v) is 5.12. The van der Waals surface area contributed by atoms with E-state index in [1.54, 1.807) is 12.1 Å². The van der Waals surface area contributed by atoms with Gasteiger partial charge in [0.1, 0.15) is 5.82 Å². The van der Waals surface area contributed by atoms with Gasteiger partial charge in [0, 0.05) is 31.2 Å². The third kappa shape index (κ3) is 4.86. The fourth-order valence-electron chi connectivity index (χ4n) is 5.12. The molecule has 7 heteroatoms. The van der Waals surface area contributed by atoms with Gasteiger partial charge in [0.25, 0.3) is 0 Å². The third-order valence-electron chi connectivity index (χ3n) is 6.53. The first kappa shape index (κ1) is 24.3. The van der Waals surface area contributed by atoms with Crippen molar-refractivity contribution in [3.63, 3.8) is 0 Å². The zero-order valence-electron chi connectivity index (χ0n) is 18.9. The van der Waals surface area contributed by atoms with Crippen LogP contribution >= 0.6 is 12.4 Å². The second-order valence-corrected chi connectivity index (χ2v) is 9.18. The SMILES string of the molecule is CC(C)Oc1cc(CN2CC[C@]3(CCC(=O)N3c3cccc(F)c3)C[C@@H]2C)ccc1O.Cl. The number of hydrogen-bond acceptors (Lipinski definition) is 4. The number of rotatable bonds is 5. The molecule has 0 aliphatic carbocycles. The van der Waals surface area contributed by atoms with Crippen molar-refractivity contribution in [1.82, 2.24) is 4.90 Å². The number of anilines is 1. The second kappa shape index (κ2) is 9.67. The molecule has 0 saturated carbocycles. The van der Waals surface area contributed by atoms with E-state index in [9.17, 15) is 14.3 Å². The number of hydrogen-bond donors (Lipinski definition) is 1. The molecule has 2 fully saturated rings. The van der Waals surface area contributed by atoms with Gasteiger partial charge in [-0.3, -0.25) is 9.69 Å². The van der Waals surface area contributed by atoms with E-state index >= 15 is 0 Å². The molecule has 0 radical (unpaired) electrons. The number of piperidine rings is 1. The number of phenols is 1. The van der Waals surface area contributed by atoms with Crippen molar-refractivity contribution < 1.29 is 19.0 Å². The number of aromatic hydroxyl groups is 1. The number of amides is 1. The van der Waals surface area contributed by atoms with Crippen molar-refractivity contribution in [3.05, 3.63) is 53.8 Å². The Hall–Kier alpha value is -2.31. The van der Waals surface area contributed by atoms with Crippen LogP contribution in [0.2, 0.25) is 0 Å². The fraction of sp³-hybridized carbons (Fsp3) is 0.480. The molecule has 1 amide bonds. The Kier molecular flexibility index (Phi) is 7.36. The van der Waals surface area contributed by atoms with Crippen LogP contribution in [-0.2, 0) is 11.3 Å². The largest absolute Gasteiger partial charge is 0.504 e. The molecule has 1 spiro atoms. The summed E-state index contributed by atoms with van der Waals surface area (Å²) in [5.41, 5.74) is 1.50. The smallest absolute Gasteiger partial charge is 0.227 e. The summed E-state index contributed by atoms with van der Waals surface area (Å²) < 4.78 is 19.6. The Labute approximate surface area is 195 Å². The summed E-state index contributed by atoms with van der Waals surface area (Å²) in [5, 5.41) is 10.1. The average Bonchev–Trinajstić information content (AvgIpc) is 3.02. The highest BCUT2D eigenvalue weighted by molar-refractivity contribution is 5.97. The third-order valence-corrected chi connectivity index (χ3v) is 6.53. The van der Waals surface area contributed by atoms with E-state index < -0.39 is 0 Å². The molecule has 0 bridgehead atoms. The van der Waals surface area contributed by atoms with E-state index in [2.05, 4.69) is 11.8 Å². The Morgan fingerprint density at radius 2 is 2.00 bits per heavy atom. The molecule has 0 unspecified atom stereocenters. The van der Waals surface area contributed by atoms with E-state index in [0.717, 1.165) is 37.9 Å². The first-order chi connectivity index (χ1) is 14.8. The van der Waals surface area contributed by atoms with Crippen molar-refractivity contribution in [2.45, 2.75) is 70.7 Å². The van der Waals surface area contributed by atoms with Crippen LogP contribution in [0.15, 0.2) is 42.5 Å². The normalized spacial score (nSPS) is 23.6. The zero-order chi connectivity index (χ0) is 22.2. The van der Waals surface area contributed by atoms with Crippen molar-refractivity contribution >= 4 is 24.0 Å². The number of carbonyl (C=O) groups excluding carboxylic acids is 1. The average molecular weight is 463 g/mol. The number of carbonyl (C=O) groups is 1. The molecule has 2 heterocycles. The highest BCUT2D eigenvalue weighted by Gasteiger charge is 2.49. The van der Waals surface area contributed by atoms with E-state index in [0.29, 0.717) is 17.9 Å². The molecular weight excluding hydrogens is 431 g/mol. The lowest BCUT2D eigenvalue weighted by Gasteiger charge is -2.48. The molecule has 1 N–H and O–H groups in total. The van der Waals surface area contributed by atoms with Gasteiger partial charge >= 0.3 is 0 Å². The van der Waals surface area contributed by atoms with E-state index in [-0.39, 0.29) is 47.6 Å². The van der Waals surface area contributed by atoms with Gasteiger partial charge in [-0.05, 0) is 75.9 Å². The van der Waals surface area contributed by atoms with Crippen molar-refractivity contribution in [2.24, 2.45) is 0 Å². The molecule has 2 saturated heterocycles. The Bertz CT molecular complexity index is 970. The van der Waals surface area contributed by atoms with Gasteiger partial charge in [0.05, 0.1) is 11.6 Å². The van der Waals surface area contributed by atoms with Gasteiger partial charge in [-0.25, -0.2) is 4.39 Å². The number of nitrogens with zero attached hydrogens (tertiary/aromatic N) is 2. The van der Waals surface area contributed by atoms with Gasteiger partial charge in [0.15, 0.2) is 11.5 Å². The Morgan fingerprint density at radius 1 is 1.22 bits per heavy atom. The van der Waals surface area contributed by atoms with Crippen LogP contribution in [-0.4, -0.2) is 40.1 Å². The minimum absolute atomic E-state index is 0. The molecule has 174 valence electrons. The van der Waals surface area contributed by atoms with Crippen LogP contribution in [0.4, 0.5) is 10.1 Å². The van der Waals surface area contributed by atoms with Crippen molar-refractivity contribution in [1.29, 1.82) is 0 Å². The Balaban J connectivity index is 0.00000289. The maximum atomic E-state index is 13.9. The quantitative estimate of drug-likeness (QED) is 0.655. The monoisotopic (exact) mass is 462 g/mol. The topological polar surface area (TPSA) is 53.0 Å². The van der Waals surface area contributed by atoms with Crippen molar-refractivity contribution in [2.75, 3.05) is 11.4 Å². The van der Waals surface area contributed by atoms with Gasteiger partial charge < -0.3 is 14.7 Å². The summed E-state index contributed by atoms with van der Waals surface area (Å²) in [6.07, 6.45) is 3.02. The highest BCUT2D eigenvalue weighted by Crippen LogP contribution is 2.44. The molecule has 2 aromatic carbocycles. The molecular formula is C25H32ClFN2O3. The lowest BCUT2D eigenvalue weighted by molar-refractivity contribution is -0.117. The number of likely N-dealkylation sites (tertiary alicyclic amines) is 1. The van der Waals surface area contributed by atoms with Crippen LogP contribution in [0.5, 0.6) is 11.5 Å². The van der Waals surface area contributed by atoms with Gasteiger partial charge in [0.2, 0.25) is 5.91 Å². The molecule has 32 heavy (non-hydrogen) atoms. The molecule has 2 aromatic rings. The van der Waals surface area contributed by atoms with Gasteiger partial charge in [-0.15, -0.1) is 12.4 Å². The summed E-state index contributed by atoms with van der Waals surface area (Å²) in [7, 11) is 0. The summed E-state index contributed by atoms with van der Waals surface area (Å²) in [6, 6.07) is 12.2. The maximum Gasteiger partial charge on any atom is 0.227 e. The minimum atomic E-state index is -0.315. The molecule has 2 aliphatic heterocycles. The first-order valence-corrected chi connectivity index (χ1v) is 11.1. The zero-order valence-corrected chi connectivity index (χ0v) is 19.7. The van der Waals surface area contributed by atoms with Crippen molar-refractivity contribution in [3.8, 4) is 11.5 Å². The Morgan fingerprint density at radius 3 is 2.69 bits per heavy atom. The maximum absolute atomic E-state index is 13.9. The van der Waals surface area contributed by atoms with Crippen LogP contribution in [0.1, 0.15) is 52.0 Å². The summed E-state index contributed by atoms with van der Waals surface area (Å²) in [5.74, 6) is 0.426. The lowest BCUT2D eigenvalue weighted by atomic mass is 9.81. The lowest BCUT2D eigenvalue weighted by Crippen LogP contribution is -2.56.